The molecule has 0 bridgehead atoms. The number of thiazole rings is 1. The Morgan fingerprint density at radius 1 is 1.14 bits per heavy atom. The molecule has 0 spiro atoms. The van der Waals surface area contributed by atoms with Gasteiger partial charge in [0.15, 0.2) is 0 Å². The highest BCUT2D eigenvalue weighted by atomic mass is 35.5. The molecule has 4 rings (SSSR count). The zero-order valence-corrected chi connectivity index (χ0v) is 17.6. The largest absolute Gasteiger partial charge is 0.491 e. The first-order valence-corrected chi connectivity index (χ1v) is 11.2. The van der Waals surface area contributed by atoms with Gasteiger partial charge in [-0.25, -0.2) is 4.98 Å². The summed E-state index contributed by atoms with van der Waals surface area (Å²) in [5, 5.41) is 3.56. The molecule has 1 amide bonds. The molecule has 1 fully saturated rings. The number of hydrogen-bond donors (Lipinski definition) is 0. The van der Waals surface area contributed by atoms with Crippen molar-refractivity contribution in [3.05, 3.63) is 57.9 Å². The Morgan fingerprint density at radius 3 is 2.71 bits per heavy atom. The van der Waals surface area contributed by atoms with Crippen LogP contribution in [-0.2, 0) is 0 Å². The van der Waals surface area contributed by atoms with Crippen molar-refractivity contribution < 1.29 is 9.53 Å². The molecule has 28 heavy (non-hydrogen) atoms. The van der Waals surface area contributed by atoms with Crippen molar-refractivity contribution in [3.63, 3.8) is 0 Å². The third-order valence-electron chi connectivity index (χ3n) is 4.61. The molecule has 2 aromatic heterocycles. The third kappa shape index (κ3) is 4.55. The molecule has 0 unspecified atom stereocenters. The average molecular weight is 434 g/mol. The van der Waals surface area contributed by atoms with E-state index in [0.717, 1.165) is 42.6 Å². The van der Waals surface area contributed by atoms with E-state index in [4.69, 9.17) is 16.3 Å². The lowest BCUT2D eigenvalue weighted by atomic mass is 10.3. The van der Waals surface area contributed by atoms with E-state index in [0.29, 0.717) is 22.3 Å². The molecule has 1 saturated heterocycles. The van der Waals surface area contributed by atoms with E-state index in [2.05, 4.69) is 9.88 Å². The molecule has 1 aromatic carbocycles. The average Bonchev–Trinajstić information content (AvgIpc) is 3.41. The van der Waals surface area contributed by atoms with Crippen LogP contribution in [-0.4, -0.2) is 60.0 Å². The van der Waals surface area contributed by atoms with Gasteiger partial charge in [-0.3, -0.25) is 9.69 Å². The van der Waals surface area contributed by atoms with E-state index in [1.807, 2.05) is 46.7 Å². The lowest BCUT2D eigenvalue weighted by molar-refractivity contribution is 0.0624. The van der Waals surface area contributed by atoms with Crippen LogP contribution in [0.15, 0.2) is 48.0 Å². The highest BCUT2D eigenvalue weighted by molar-refractivity contribution is 7.21. The Hall–Kier alpha value is -1.93. The van der Waals surface area contributed by atoms with Gasteiger partial charge in [-0.2, -0.15) is 0 Å². The molecule has 3 aromatic rings. The summed E-state index contributed by atoms with van der Waals surface area (Å²) in [7, 11) is 0. The first-order chi connectivity index (χ1) is 13.7. The minimum atomic E-state index is 0.0762. The number of ether oxygens (including phenoxy) is 1. The number of para-hydroxylation sites is 1. The van der Waals surface area contributed by atoms with Crippen LogP contribution in [0.2, 0.25) is 5.02 Å². The van der Waals surface area contributed by atoms with Crippen molar-refractivity contribution in [2.24, 2.45) is 0 Å². The number of rotatable bonds is 6. The molecule has 1 aliphatic heterocycles. The molecule has 3 heterocycles. The Bertz CT molecular complexity index is 921. The number of benzene rings is 1. The molecule has 0 atom stereocenters. The number of carbonyl (C=O) groups is 1. The van der Waals surface area contributed by atoms with Crippen molar-refractivity contribution in [3.8, 4) is 15.6 Å². The molecule has 0 N–H and O–H groups in total. The van der Waals surface area contributed by atoms with Gasteiger partial charge >= 0.3 is 0 Å². The molecule has 0 aliphatic carbocycles. The Balaban J connectivity index is 1.25. The smallest absolute Gasteiger partial charge is 0.265 e. The lowest BCUT2D eigenvalue weighted by Gasteiger charge is -2.34. The number of amides is 1. The Labute approximate surface area is 177 Å². The number of hydrogen-bond acceptors (Lipinski definition) is 6. The van der Waals surface area contributed by atoms with Crippen molar-refractivity contribution in [1.29, 1.82) is 0 Å². The Morgan fingerprint density at radius 2 is 1.96 bits per heavy atom. The fourth-order valence-electron chi connectivity index (χ4n) is 3.06. The lowest BCUT2D eigenvalue weighted by Crippen LogP contribution is -2.49. The van der Waals surface area contributed by atoms with Gasteiger partial charge in [0.05, 0.1) is 16.1 Å². The van der Waals surface area contributed by atoms with Crippen molar-refractivity contribution in [2.45, 2.75) is 0 Å². The van der Waals surface area contributed by atoms with Gasteiger partial charge in [0, 0.05) is 32.7 Å². The van der Waals surface area contributed by atoms with Crippen LogP contribution in [0.25, 0.3) is 9.88 Å². The molecular formula is C20H20ClN3O2S2. The van der Waals surface area contributed by atoms with Crippen molar-refractivity contribution >= 4 is 40.2 Å². The zero-order chi connectivity index (χ0) is 19.3. The maximum atomic E-state index is 12.8. The second kappa shape index (κ2) is 9.05. The fraction of sp³-hybridized carbons (Fsp3) is 0.300. The van der Waals surface area contributed by atoms with Crippen LogP contribution in [0, 0.1) is 0 Å². The fourth-order valence-corrected chi connectivity index (χ4v) is 4.94. The van der Waals surface area contributed by atoms with Crippen LogP contribution in [0.1, 0.15) is 9.67 Å². The summed E-state index contributed by atoms with van der Waals surface area (Å²) in [6, 6.07) is 11.5. The predicted octanol–water partition coefficient (Wildman–Crippen LogP) is 4.36. The molecule has 0 saturated carbocycles. The zero-order valence-electron chi connectivity index (χ0n) is 15.2. The summed E-state index contributed by atoms with van der Waals surface area (Å²) in [6.45, 7) is 4.52. The van der Waals surface area contributed by atoms with E-state index in [-0.39, 0.29) is 5.91 Å². The highest BCUT2D eigenvalue weighted by Gasteiger charge is 2.24. The molecule has 1 aliphatic rings. The number of piperazine rings is 1. The first kappa shape index (κ1) is 19.4. The summed E-state index contributed by atoms with van der Waals surface area (Å²) >= 11 is 9.21. The third-order valence-corrected chi connectivity index (χ3v) is 6.95. The number of halogens is 1. The second-order valence-electron chi connectivity index (χ2n) is 6.42. The molecule has 8 heteroatoms. The van der Waals surface area contributed by atoms with Crippen LogP contribution >= 0.6 is 34.3 Å². The van der Waals surface area contributed by atoms with Gasteiger partial charge in [-0.15, -0.1) is 22.7 Å². The second-order valence-corrected chi connectivity index (χ2v) is 8.81. The summed E-state index contributed by atoms with van der Waals surface area (Å²) < 4.78 is 5.76. The molecule has 146 valence electrons. The quantitative estimate of drug-likeness (QED) is 0.579. The molecular weight excluding hydrogens is 414 g/mol. The molecule has 5 nitrogen and oxygen atoms in total. The van der Waals surface area contributed by atoms with Crippen LogP contribution in [0.3, 0.4) is 0 Å². The summed E-state index contributed by atoms with van der Waals surface area (Å²) in [5.41, 5.74) is 0. The number of nitrogens with zero attached hydrogens (tertiary/aromatic N) is 3. The van der Waals surface area contributed by atoms with E-state index < -0.39 is 0 Å². The monoisotopic (exact) mass is 433 g/mol. The van der Waals surface area contributed by atoms with Crippen molar-refractivity contribution in [2.75, 3.05) is 39.3 Å². The summed E-state index contributed by atoms with van der Waals surface area (Å²) in [6.07, 6.45) is 1.70. The van der Waals surface area contributed by atoms with Gasteiger partial charge in [0.1, 0.15) is 22.2 Å². The number of aromatic nitrogens is 1. The van der Waals surface area contributed by atoms with Crippen molar-refractivity contribution in [1.82, 2.24) is 14.8 Å². The maximum absolute atomic E-state index is 12.8. The van der Waals surface area contributed by atoms with Gasteiger partial charge < -0.3 is 9.64 Å². The minimum Gasteiger partial charge on any atom is -0.491 e. The van der Waals surface area contributed by atoms with Gasteiger partial charge in [0.2, 0.25) is 0 Å². The van der Waals surface area contributed by atoms with Gasteiger partial charge in [-0.05, 0) is 23.6 Å². The summed E-state index contributed by atoms with van der Waals surface area (Å²) in [5.74, 6) is 0.789. The van der Waals surface area contributed by atoms with E-state index in [9.17, 15) is 4.79 Å². The Kier molecular flexibility index (Phi) is 6.26. The van der Waals surface area contributed by atoms with E-state index in [1.54, 1.807) is 17.5 Å². The summed E-state index contributed by atoms with van der Waals surface area (Å²) in [4.78, 5) is 23.2. The minimum absolute atomic E-state index is 0.0762. The SMILES string of the molecule is O=C(c1cnc(-c2cccs2)s1)N1CCN(CCOc2ccccc2Cl)CC1. The highest BCUT2D eigenvalue weighted by Crippen LogP contribution is 2.29. The topological polar surface area (TPSA) is 45.7 Å². The van der Waals surface area contributed by atoms with Crippen LogP contribution < -0.4 is 4.74 Å². The van der Waals surface area contributed by atoms with Crippen LogP contribution in [0.4, 0.5) is 0 Å². The predicted molar refractivity (Wildman–Crippen MR) is 115 cm³/mol. The number of carbonyl (C=O) groups excluding carboxylic acids is 1. The normalized spacial score (nSPS) is 15.0. The van der Waals surface area contributed by atoms with E-state index >= 15 is 0 Å². The molecule has 0 radical (unpaired) electrons. The van der Waals surface area contributed by atoms with Gasteiger partial charge in [-0.1, -0.05) is 29.8 Å². The van der Waals surface area contributed by atoms with Crippen LogP contribution in [0.5, 0.6) is 5.75 Å². The maximum Gasteiger partial charge on any atom is 0.265 e. The van der Waals surface area contributed by atoms with E-state index in [1.165, 1.54) is 11.3 Å². The standard InChI is InChI=1S/C20H20ClN3O2S2/c21-15-4-1-2-5-16(15)26-12-11-23-7-9-24(10-8-23)20(25)18-14-22-19(28-18)17-6-3-13-27-17/h1-6,13-14H,7-12H2. The number of thiophene rings is 1. The van der Waals surface area contributed by atoms with Gasteiger partial charge in [0.25, 0.3) is 5.91 Å². The first-order valence-electron chi connectivity index (χ1n) is 9.09.